The molecule has 0 aromatic heterocycles. The van der Waals surface area contributed by atoms with E-state index in [1.807, 2.05) is 4.93 Å². The predicted molar refractivity (Wildman–Crippen MR) is 137 cm³/mol. The minimum Gasteiger partial charge on any atom is -0.512 e. The van der Waals surface area contributed by atoms with Gasteiger partial charge >= 0.3 is 17.1 Å². The normalized spacial score (nSPS) is 8.31. The summed E-state index contributed by atoms with van der Waals surface area (Å²) < 4.78 is 43.0. The number of nitrogens with two attached hydrogens (primary N) is 4. The van der Waals surface area contributed by atoms with Crippen molar-refractivity contribution in [1.29, 1.82) is 5.26 Å². The molecule has 32 heavy (non-hydrogen) atoms. The SMILES string of the molecule is CI.Nc1ccccc1S(N)(=O)=O.Nc1ccccc1S(N)(=O)=O.O.P.[C-]#N.[C-]#[N+]C.[Cu+]. The number of hydrogen-bond donors (Lipinski definition) is 4. The van der Waals surface area contributed by atoms with Gasteiger partial charge in [-0.2, -0.15) is 9.90 Å². The van der Waals surface area contributed by atoms with Crippen LogP contribution in [0, 0.1) is 18.4 Å². The Labute approximate surface area is 217 Å². The van der Waals surface area contributed by atoms with E-state index in [0.29, 0.717) is 0 Å². The van der Waals surface area contributed by atoms with Crippen molar-refractivity contribution in [3.05, 3.63) is 66.5 Å². The van der Waals surface area contributed by atoms with Crippen molar-refractivity contribution in [2.24, 2.45) is 10.3 Å². The summed E-state index contributed by atoms with van der Waals surface area (Å²) in [4.78, 5) is 4.66. The van der Waals surface area contributed by atoms with Crippen molar-refractivity contribution < 1.29 is 39.4 Å². The standard InChI is InChI=1S/2C6H8N2O2S.C2H3N.CH3I.CN.Cu.H2O.H3P/c2*7-5-3-1-2-4-6(5)11(8,9)10;1-3-2;2*1-2;;;/h2*1-4H,7H2,(H2,8,9,10);1H3;1H3;;;1H2;1H3/q;;;;-1;+1;;. The van der Waals surface area contributed by atoms with Gasteiger partial charge in [0.05, 0.1) is 11.4 Å². The first-order chi connectivity index (χ1) is 13.4. The van der Waals surface area contributed by atoms with Gasteiger partial charge in [-0.05, 0) is 29.2 Å². The van der Waals surface area contributed by atoms with Crippen LogP contribution in [-0.4, -0.2) is 34.3 Å². The molecule has 16 heteroatoms. The minimum absolute atomic E-state index is 0. The fourth-order valence-corrected chi connectivity index (χ4v) is 2.81. The zero-order chi connectivity index (χ0) is 23.7. The van der Waals surface area contributed by atoms with Crippen molar-refractivity contribution >= 4 is 63.9 Å². The molecule has 2 rings (SSSR count). The molecule has 2 aromatic carbocycles. The molecule has 0 radical (unpaired) electrons. The molecule has 11 nitrogen and oxygen atoms in total. The second-order valence-corrected chi connectivity index (χ2v) is 7.45. The topological polar surface area (TPSA) is 232 Å². The van der Waals surface area contributed by atoms with Gasteiger partial charge in [-0.1, -0.05) is 46.9 Å². The summed E-state index contributed by atoms with van der Waals surface area (Å²) >= 11 is 2.15. The maximum atomic E-state index is 10.8. The van der Waals surface area contributed by atoms with Crippen molar-refractivity contribution in [2.75, 3.05) is 23.4 Å². The van der Waals surface area contributed by atoms with E-state index >= 15 is 0 Å². The summed E-state index contributed by atoms with van der Waals surface area (Å²) in [7, 11) is -5.90. The number of hydrogen-bond acceptors (Lipinski definition) is 7. The first-order valence-electron chi connectivity index (χ1n) is 7.05. The monoisotopic (exact) mass is 668 g/mol. The molecule has 0 aliphatic heterocycles. The molecule has 0 aliphatic carbocycles. The molecular formula is C16H27CuIN6O5PS2. The van der Waals surface area contributed by atoms with Crippen LogP contribution in [0.1, 0.15) is 0 Å². The molecule has 0 saturated heterocycles. The smallest absolute Gasteiger partial charge is 0.512 e. The van der Waals surface area contributed by atoms with Gasteiger partial charge in [0.25, 0.3) is 0 Å². The molecule has 0 saturated carbocycles. The van der Waals surface area contributed by atoms with Gasteiger partial charge in [-0.15, -0.1) is 0 Å². The number of nitrogen functional groups attached to an aromatic ring is 2. The van der Waals surface area contributed by atoms with Gasteiger partial charge in [-0.3, -0.25) is 0 Å². The molecular weight excluding hydrogens is 642 g/mol. The first kappa shape index (κ1) is 44.2. The van der Waals surface area contributed by atoms with E-state index in [0.717, 1.165) is 0 Å². The molecule has 0 aliphatic rings. The number of benzene rings is 2. The van der Waals surface area contributed by atoms with Gasteiger partial charge in [0.2, 0.25) is 27.1 Å². The van der Waals surface area contributed by atoms with Crippen molar-refractivity contribution in [3.63, 3.8) is 0 Å². The van der Waals surface area contributed by atoms with Crippen molar-refractivity contribution in [1.82, 2.24) is 0 Å². The van der Waals surface area contributed by atoms with Gasteiger partial charge in [0, 0.05) is 0 Å². The molecule has 0 fully saturated rings. The molecule has 0 spiro atoms. The van der Waals surface area contributed by atoms with Crippen LogP contribution in [0.15, 0.2) is 58.3 Å². The summed E-state index contributed by atoms with van der Waals surface area (Å²) in [6.45, 7) is 10.6. The largest absolute Gasteiger partial charge is 1.00 e. The molecule has 0 bridgehead atoms. The van der Waals surface area contributed by atoms with Crippen LogP contribution < -0.4 is 21.7 Å². The molecule has 1 unspecified atom stereocenters. The Morgan fingerprint density at radius 3 is 1.12 bits per heavy atom. The fourth-order valence-electron chi connectivity index (χ4n) is 1.48. The van der Waals surface area contributed by atoms with E-state index in [9.17, 15) is 16.8 Å². The summed E-state index contributed by atoms with van der Waals surface area (Å²) in [6, 6.07) is 12.1. The molecule has 2 aromatic rings. The van der Waals surface area contributed by atoms with Crippen LogP contribution in [0.25, 0.3) is 4.85 Å². The second kappa shape index (κ2) is 24.1. The maximum absolute atomic E-state index is 10.8. The predicted octanol–water partition coefficient (Wildman–Crippen LogP) is 0.746. The van der Waals surface area contributed by atoms with Crippen LogP contribution in [0.5, 0.6) is 0 Å². The number of alkyl halides is 1. The number of primary sulfonamides is 2. The van der Waals surface area contributed by atoms with E-state index in [-0.39, 0.29) is 53.6 Å². The van der Waals surface area contributed by atoms with E-state index in [1.165, 1.54) is 31.3 Å². The minimum atomic E-state index is -3.66. The Kier molecular flexibility index (Phi) is 33.3. The summed E-state index contributed by atoms with van der Waals surface area (Å²) in [5.41, 5.74) is 11.0. The summed E-state index contributed by atoms with van der Waals surface area (Å²) in [6.07, 6.45) is 0. The zero-order valence-electron chi connectivity index (χ0n) is 17.2. The van der Waals surface area contributed by atoms with Crippen LogP contribution in [0.3, 0.4) is 0 Å². The van der Waals surface area contributed by atoms with Gasteiger partial charge in [0.15, 0.2) is 0 Å². The molecule has 10 N–H and O–H groups in total. The zero-order valence-corrected chi connectivity index (χ0v) is 23.3. The average molecular weight is 669 g/mol. The summed E-state index contributed by atoms with van der Waals surface area (Å²) in [5, 5.41) is 15.9. The first-order valence-corrected chi connectivity index (χ1v) is 12.3. The number of nitrogens with zero attached hydrogens (tertiary/aromatic N) is 2. The third-order valence-electron chi connectivity index (χ3n) is 2.45. The Bertz CT molecular complexity index is 945. The van der Waals surface area contributed by atoms with Gasteiger partial charge < -0.3 is 33.6 Å². The maximum Gasteiger partial charge on any atom is 1.00 e. The number of anilines is 2. The van der Waals surface area contributed by atoms with Crippen LogP contribution in [0.2, 0.25) is 0 Å². The second-order valence-electron chi connectivity index (χ2n) is 4.39. The number of para-hydroxylation sites is 2. The third-order valence-corrected chi connectivity index (χ3v) is 4.42. The van der Waals surface area contributed by atoms with Crippen molar-refractivity contribution in [2.45, 2.75) is 9.79 Å². The van der Waals surface area contributed by atoms with Crippen molar-refractivity contribution in [3.8, 4) is 0 Å². The van der Waals surface area contributed by atoms with Crippen LogP contribution in [-0.2, 0) is 37.1 Å². The Morgan fingerprint density at radius 2 is 1.00 bits per heavy atom. The Morgan fingerprint density at radius 1 is 0.812 bits per heavy atom. The fraction of sp³-hybridized carbons (Fsp3) is 0.125. The molecule has 1 atom stereocenters. The number of rotatable bonds is 2. The van der Waals surface area contributed by atoms with Crippen LogP contribution >= 0.6 is 32.5 Å². The quantitative estimate of drug-likeness (QED) is 0.0894. The number of halogens is 1. The van der Waals surface area contributed by atoms with Gasteiger partial charge in [0.1, 0.15) is 9.79 Å². The number of sulfonamides is 2. The van der Waals surface area contributed by atoms with Crippen LogP contribution in [0.4, 0.5) is 11.4 Å². The average Bonchev–Trinajstić information content (AvgIpc) is 2.65. The van der Waals surface area contributed by atoms with Gasteiger partial charge in [-0.25, -0.2) is 33.7 Å². The third kappa shape index (κ3) is 20.4. The van der Waals surface area contributed by atoms with E-state index < -0.39 is 20.0 Å². The molecule has 0 amide bonds. The summed E-state index contributed by atoms with van der Waals surface area (Å²) in [5.74, 6) is 0. The molecule has 186 valence electrons. The Balaban J connectivity index is -0.0000000769. The molecule has 0 heterocycles. The van der Waals surface area contributed by atoms with E-state index in [4.69, 9.17) is 40.2 Å². The Hall–Kier alpha value is -1.52. The van der Waals surface area contributed by atoms with E-state index in [2.05, 4.69) is 27.4 Å². The van der Waals surface area contributed by atoms with E-state index in [1.54, 1.807) is 24.3 Å².